The SMILES string of the molecule is OC1COC(C2OCCCc3cc(Cl)ccc32)C1O.[CH-]=Cc1[c-]ncnc1N.[Na+]. The van der Waals surface area contributed by atoms with E-state index in [1.807, 2.05) is 18.2 Å². The number of benzene rings is 1. The van der Waals surface area contributed by atoms with E-state index in [0.717, 1.165) is 24.0 Å². The zero-order valence-corrected chi connectivity index (χ0v) is 18.9. The fourth-order valence-corrected chi connectivity index (χ4v) is 3.43. The van der Waals surface area contributed by atoms with E-state index < -0.39 is 18.3 Å². The molecule has 9 heteroatoms. The number of halogens is 1. The average molecular weight is 427 g/mol. The number of anilines is 1. The summed E-state index contributed by atoms with van der Waals surface area (Å²) in [4.78, 5) is 7.26. The fourth-order valence-electron chi connectivity index (χ4n) is 3.23. The van der Waals surface area contributed by atoms with Gasteiger partial charge in [0, 0.05) is 18.0 Å². The molecule has 0 amide bonds. The Bertz CT molecular complexity index is 826. The number of hydrogen-bond donors (Lipinski definition) is 3. The molecule has 0 bridgehead atoms. The van der Waals surface area contributed by atoms with Gasteiger partial charge in [-0.2, -0.15) is 0 Å². The molecule has 1 aromatic carbocycles. The topological polar surface area (TPSA) is 111 Å². The number of rotatable bonds is 2. The number of hydrogen-bond acceptors (Lipinski definition) is 7. The van der Waals surface area contributed by atoms with Crippen molar-refractivity contribution in [1.82, 2.24) is 9.97 Å². The number of aliphatic hydroxyl groups is 2. The monoisotopic (exact) mass is 426 g/mol. The van der Waals surface area contributed by atoms with Crippen LogP contribution in [0.3, 0.4) is 0 Å². The maximum absolute atomic E-state index is 10.0. The first-order valence-corrected chi connectivity index (χ1v) is 9.29. The molecule has 3 heterocycles. The number of nitrogens with two attached hydrogens (primary N) is 1. The van der Waals surface area contributed by atoms with Gasteiger partial charge in [0.2, 0.25) is 0 Å². The van der Waals surface area contributed by atoms with Crippen LogP contribution < -0.4 is 35.3 Å². The molecule has 4 N–H and O–H groups in total. The maximum Gasteiger partial charge on any atom is 1.00 e. The van der Waals surface area contributed by atoms with Crippen LogP contribution in [0.5, 0.6) is 0 Å². The minimum absolute atomic E-state index is 0. The van der Waals surface area contributed by atoms with Crippen LogP contribution in [0.4, 0.5) is 5.82 Å². The molecule has 29 heavy (non-hydrogen) atoms. The average Bonchev–Trinajstić information content (AvgIpc) is 2.90. The maximum atomic E-state index is 10.0. The molecular formula is C20H22ClN3NaO4-. The Hall–Kier alpha value is -1.03. The smallest absolute Gasteiger partial charge is 0.437 e. The first kappa shape index (κ1) is 24.2. The molecule has 0 radical (unpaired) electrons. The molecule has 4 rings (SSSR count). The second-order valence-electron chi connectivity index (χ2n) is 6.55. The van der Waals surface area contributed by atoms with E-state index in [1.165, 1.54) is 12.4 Å². The van der Waals surface area contributed by atoms with Crippen molar-refractivity contribution in [3.8, 4) is 0 Å². The molecule has 0 saturated carbocycles. The van der Waals surface area contributed by atoms with E-state index in [1.54, 1.807) is 0 Å². The molecule has 4 unspecified atom stereocenters. The summed E-state index contributed by atoms with van der Waals surface area (Å²) in [7, 11) is 0. The molecule has 7 nitrogen and oxygen atoms in total. The van der Waals surface area contributed by atoms with Gasteiger partial charge in [0.05, 0.1) is 6.61 Å². The third kappa shape index (κ3) is 5.99. The van der Waals surface area contributed by atoms with Crippen molar-refractivity contribution in [1.29, 1.82) is 0 Å². The van der Waals surface area contributed by atoms with Crippen molar-refractivity contribution < 1.29 is 49.2 Å². The van der Waals surface area contributed by atoms with Gasteiger partial charge >= 0.3 is 29.6 Å². The summed E-state index contributed by atoms with van der Waals surface area (Å²) >= 11 is 6.03. The van der Waals surface area contributed by atoms with Crippen LogP contribution in [-0.4, -0.2) is 51.7 Å². The number of nitrogen functional groups attached to an aromatic ring is 1. The summed E-state index contributed by atoms with van der Waals surface area (Å²) in [5, 5.41) is 20.3. The summed E-state index contributed by atoms with van der Waals surface area (Å²) in [6.07, 6.45) is 4.40. The predicted molar refractivity (Wildman–Crippen MR) is 104 cm³/mol. The Kier molecular flexibility index (Phi) is 9.52. The van der Waals surface area contributed by atoms with Crippen LogP contribution in [0.2, 0.25) is 5.02 Å². The molecule has 0 spiro atoms. The number of aryl methyl sites for hydroxylation is 1. The van der Waals surface area contributed by atoms with Gasteiger partial charge in [-0.05, 0) is 41.9 Å². The third-order valence-electron chi connectivity index (χ3n) is 4.67. The quantitative estimate of drug-likeness (QED) is 0.407. The van der Waals surface area contributed by atoms with Gasteiger partial charge in [-0.25, -0.2) is 5.56 Å². The summed E-state index contributed by atoms with van der Waals surface area (Å²) in [5.41, 5.74) is 8.01. The number of aromatic nitrogens is 2. The third-order valence-corrected chi connectivity index (χ3v) is 4.91. The van der Waals surface area contributed by atoms with Crippen LogP contribution >= 0.6 is 11.6 Å². The van der Waals surface area contributed by atoms with Crippen LogP contribution in [0.1, 0.15) is 29.2 Å². The van der Waals surface area contributed by atoms with Crippen molar-refractivity contribution >= 4 is 23.5 Å². The van der Waals surface area contributed by atoms with Gasteiger partial charge < -0.3 is 48.0 Å². The van der Waals surface area contributed by atoms with Crippen molar-refractivity contribution in [3.63, 3.8) is 0 Å². The molecule has 1 fully saturated rings. The fraction of sp³-hybridized carbons (Fsp3) is 0.400. The standard InChI is InChI=1S/C14H17ClO4.C6H5N3.Na/c15-9-3-4-10-8(6-9)2-1-5-18-13(10)14-12(17)11(16)7-19-14;1-2-5-3-8-4-9-6(5)7;/h3-4,6,11-14,16-17H,1-2,5,7H2;1-2,4H,(H2,7,8,9);/q;-2;+1. The number of aliphatic hydroxyl groups excluding tert-OH is 2. The zero-order chi connectivity index (χ0) is 20.1. The summed E-state index contributed by atoms with van der Waals surface area (Å²) in [5.74, 6) is 0.354. The van der Waals surface area contributed by atoms with E-state index in [-0.39, 0.29) is 42.3 Å². The van der Waals surface area contributed by atoms with E-state index in [0.29, 0.717) is 23.0 Å². The van der Waals surface area contributed by atoms with E-state index in [2.05, 4.69) is 16.2 Å². The first-order valence-electron chi connectivity index (χ1n) is 8.92. The largest absolute Gasteiger partial charge is 1.00 e. The van der Waals surface area contributed by atoms with E-state index in [4.69, 9.17) is 33.4 Å². The van der Waals surface area contributed by atoms with Gasteiger partial charge in [-0.3, -0.25) is 0 Å². The van der Waals surface area contributed by atoms with E-state index >= 15 is 0 Å². The van der Waals surface area contributed by atoms with Crippen LogP contribution in [0.15, 0.2) is 24.5 Å². The minimum Gasteiger partial charge on any atom is -0.437 e. The second-order valence-corrected chi connectivity index (χ2v) is 6.98. The molecule has 4 atom stereocenters. The Morgan fingerprint density at radius 1 is 1.31 bits per heavy atom. The summed E-state index contributed by atoms with van der Waals surface area (Å²) in [6, 6.07) is 5.69. The molecule has 2 aliphatic rings. The Balaban J connectivity index is 0.000000255. The van der Waals surface area contributed by atoms with Crippen LogP contribution in [-0.2, 0) is 15.9 Å². The van der Waals surface area contributed by atoms with Crippen molar-refractivity contribution in [2.45, 2.75) is 37.3 Å². The van der Waals surface area contributed by atoms with Gasteiger partial charge in [-0.1, -0.05) is 17.7 Å². The summed E-state index contributed by atoms with van der Waals surface area (Å²) in [6.45, 7) is 5.89. The molecule has 2 aliphatic heterocycles. The molecule has 150 valence electrons. The Morgan fingerprint density at radius 2 is 2.10 bits per heavy atom. The van der Waals surface area contributed by atoms with Gasteiger partial charge in [-0.15, -0.1) is 6.20 Å². The molecule has 2 aromatic rings. The molecule has 1 saturated heterocycles. The number of ether oxygens (including phenoxy) is 2. The number of nitrogens with zero attached hydrogens (tertiary/aromatic N) is 2. The van der Waals surface area contributed by atoms with Gasteiger partial charge in [0.15, 0.2) is 0 Å². The predicted octanol–water partition coefficient (Wildman–Crippen LogP) is -1.23. The second kappa shape index (κ2) is 11.4. The van der Waals surface area contributed by atoms with Crippen molar-refractivity contribution in [2.24, 2.45) is 0 Å². The molecular weight excluding hydrogens is 405 g/mol. The zero-order valence-electron chi connectivity index (χ0n) is 16.2. The van der Waals surface area contributed by atoms with Crippen LogP contribution in [0, 0.1) is 12.8 Å². The Morgan fingerprint density at radius 3 is 2.72 bits per heavy atom. The van der Waals surface area contributed by atoms with Gasteiger partial charge in [0.25, 0.3) is 0 Å². The van der Waals surface area contributed by atoms with E-state index in [9.17, 15) is 10.2 Å². The van der Waals surface area contributed by atoms with Crippen LogP contribution in [0.25, 0.3) is 6.08 Å². The normalized spacial score (nSPS) is 25.6. The Labute approximate surface area is 197 Å². The van der Waals surface area contributed by atoms with Crippen molar-refractivity contribution in [3.05, 3.63) is 59.0 Å². The van der Waals surface area contributed by atoms with Gasteiger partial charge in [0.1, 0.15) is 24.4 Å². The first-order chi connectivity index (χ1) is 13.5. The minimum atomic E-state index is -0.911. The summed E-state index contributed by atoms with van der Waals surface area (Å²) < 4.78 is 11.3. The molecule has 0 aliphatic carbocycles. The molecule has 1 aromatic heterocycles. The van der Waals surface area contributed by atoms with Crippen molar-refractivity contribution in [2.75, 3.05) is 18.9 Å². The number of fused-ring (bicyclic) bond motifs is 1.